The quantitative estimate of drug-likeness (QED) is 0.290. The maximum atomic E-state index is 12.4. The second-order valence-corrected chi connectivity index (χ2v) is 6.89. The van der Waals surface area contributed by atoms with Crippen LogP contribution in [0.3, 0.4) is 0 Å². The lowest BCUT2D eigenvalue weighted by molar-refractivity contribution is 0.415. The second-order valence-electron chi connectivity index (χ2n) is 6.03. The van der Waals surface area contributed by atoms with Crippen LogP contribution < -0.4 is 20.5 Å². The van der Waals surface area contributed by atoms with Crippen molar-refractivity contribution in [2.45, 2.75) is 0 Å². The summed E-state index contributed by atoms with van der Waals surface area (Å²) in [5.74, 6) is 1.47. The minimum absolute atomic E-state index is 0.384. The number of hydrazone groups is 1. The summed E-state index contributed by atoms with van der Waals surface area (Å²) in [4.78, 5) is 16.8. The highest BCUT2D eigenvalue weighted by atomic mass is 32.1. The van der Waals surface area contributed by atoms with Crippen LogP contribution in [0.5, 0.6) is 11.5 Å². The van der Waals surface area contributed by atoms with Gasteiger partial charge in [-0.2, -0.15) is 5.10 Å². The van der Waals surface area contributed by atoms with Crippen LogP contribution in [-0.2, 0) is 0 Å². The fraction of sp³-hybridized carbons (Fsp3) is 0.0952. The highest BCUT2D eigenvalue weighted by Gasteiger charge is 2.12. The maximum Gasteiger partial charge on any atom is 0.345 e. The Balaban J connectivity index is 1.54. The first-order chi connectivity index (χ1) is 14.2. The third kappa shape index (κ3) is 4.12. The Morgan fingerprint density at radius 3 is 2.59 bits per heavy atom. The molecule has 8 heteroatoms. The number of thiazole rings is 1. The molecule has 4 rings (SSSR count). The number of fused-ring (bicyclic) bond motifs is 1. The molecule has 0 aliphatic carbocycles. The third-order valence-electron chi connectivity index (χ3n) is 4.21. The van der Waals surface area contributed by atoms with Gasteiger partial charge in [0.1, 0.15) is 17.1 Å². The van der Waals surface area contributed by atoms with Crippen molar-refractivity contribution >= 4 is 33.7 Å². The van der Waals surface area contributed by atoms with E-state index < -0.39 is 5.63 Å². The average molecular weight is 407 g/mol. The van der Waals surface area contributed by atoms with Gasteiger partial charge in [0.15, 0.2) is 0 Å². The Hall–Kier alpha value is -3.65. The Kier molecular flexibility index (Phi) is 5.26. The van der Waals surface area contributed by atoms with E-state index >= 15 is 0 Å². The number of ether oxygens (including phenoxy) is 2. The smallest absolute Gasteiger partial charge is 0.345 e. The van der Waals surface area contributed by atoms with Crippen LogP contribution in [0.1, 0.15) is 5.56 Å². The predicted molar refractivity (Wildman–Crippen MR) is 114 cm³/mol. The van der Waals surface area contributed by atoms with E-state index in [0.717, 1.165) is 16.7 Å². The SMILES string of the molecule is COc1ccc(/C=N\Nc2nc(-c3cc4cc(OC)ccc4oc3=O)cs2)cc1. The lowest BCUT2D eigenvalue weighted by atomic mass is 10.1. The molecule has 1 N–H and O–H groups in total. The van der Waals surface area contributed by atoms with E-state index in [0.29, 0.717) is 27.7 Å². The molecule has 0 unspecified atom stereocenters. The van der Waals surface area contributed by atoms with Crippen molar-refractivity contribution in [1.82, 2.24) is 4.98 Å². The van der Waals surface area contributed by atoms with E-state index in [-0.39, 0.29) is 0 Å². The number of rotatable bonds is 6. The Labute approximate surface area is 170 Å². The maximum absolute atomic E-state index is 12.4. The summed E-state index contributed by atoms with van der Waals surface area (Å²) in [6, 6.07) is 14.5. The van der Waals surface area contributed by atoms with Gasteiger partial charge in [-0.05, 0) is 54.1 Å². The van der Waals surface area contributed by atoms with E-state index in [2.05, 4.69) is 15.5 Å². The van der Waals surface area contributed by atoms with Gasteiger partial charge in [0.05, 0.1) is 31.7 Å². The summed E-state index contributed by atoms with van der Waals surface area (Å²) in [7, 11) is 3.21. The van der Waals surface area contributed by atoms with Crippen LogP contribution >= 0.6 is 11.3 Å². The number of hydrogen-bond acceptors (Lipinski definition) is 8. The summed E-state index contributed by atoms with van der Waals surface area (Å²) >= 11 is 1.35. The second kappa shape index (κ2) is 8.15. The molecule has 7 nitrogen and oxygen atoms in total. The molecule has 0 fully saturated rings. The van der Waals surface area contributed by atoms with E-state index in [9.17, 15) is 4.79 Å². The van der Waals surface area contributed by atoms with E-state index in [1.54, 1.807) is 44.0 Å². The lowest BCUT2D eigenvalue weighted by Crippen LogP contribution is -2.03. The van der Waals surface area contributed by atoms with Crippen molar-refractivity contribution in [2.75, 3.05) is 19.6 Å². The summed E-state index contributed by atoms with van der Waals surface area (Å²) in [6.45, 7) is 0. The molecule has 0 radical (unpaired) electrons. The Morgan fingerprint density at radius 2 is 1.83 bits per heavy atom. The topological polar surface area (TPSA) is 85.9 Å². The zero-order valence-corrected chi connectivity index (χ0v) is 16.5. The first-order valence-electron chi connectivity index (χ1n) is 8.67. The van der Waals surface area contributed by atoms with Gasteiger partial charge in [-0.3, -0.25) is 5.43 Å². The highest BCUT2D eigenvalue weighted by Crippen LogP contribution is 2.27. The van der Waals surface area contributed by atoms with Gasteiger partial charge in [0, 0.05) is 10.8 Å². The fourth-order valence-corrected chi connectivity index (χ4v) is 3.37. The van der Waals surface area contributed by atoms with Gasteiger partial charge in [-0.25, -0.2) is 9.78 Å². The zero-order chi connectivity index (χ0) is 20.2. The molecule has 4 aromatic rings. The first-order valence-corrected chi connectivity index (χ1v) is 9.55. The molecular formula is C21H17N3O4S. The largest absolute Gasteiger partial charge is 0.497 e. The number of nitrogens with one attached hydrogen (secondary N) is 1. The lowest BCUT2D eigenvalue weighted by Gasteiger charge is -2.03. The summed E-state index contributed by atoms with van der Waals surface area (Å²) in [5.41, 5.74) is 4.76. The zero-order valence-electron chi connectivity index (χ0n) is 15.7. The molecule has 0 saturated carbocycles. The number of methoxy groups -OCH3 is 2. The highest BCUT2D eigenvalue weighted by molar-refractivity contribution is 7.14. The molecule has 0 bridgehead atoms. The van der Waals surface area contributed by atoms with Gasteiger partial charge in [-0.15, -0.1) is 11.3 Å². The van der Waals surface area contributed by atoms with Gasteiger partial charge < -0.3 is 13.9 Å². The minimum atomic E-state index is -0.443. The predicted octanol–water partition coefficient (Wildman–Crippen LogP) is 4.38. The molecule has 29 heavy (non-hydrogen) atoms. The number of benzene rings is 2. The third-order valence-corrected chi connectivity index (χ3v) is 4.96. The van der Waals surface area contributed by atoms with Gasteiger partial charge in [-0.1, -0.05) is 0 Å². The summed E-state index contributed by atoms with van der Waals surface area (Å²) < 4.78 is 15.8. The van der Waals surface area contributed by atoms with Crippen molar-refractivity contribution in [1.29, 1.82) is 0 Å². The molecule has 2 aromatic heterocycles. The fourth-order valence-electron chi connectivity index (χ4n) is 2.71. The van der Waals surface area contributed by atoms with Crippen LogP contribution in [0, 0.1) is 0 Å². The molecule has 0 amide bonds. The Morgan fingerprint density at radius 1 is 1.07 bits per heavy atom. The minimum Gasteiger partial charge on any atom is -0.497 e. The van der Waals surface area contributed by atoms with Crippen LogP contribution in [0.25, 0.3) is 22.2 Å². The van der Waals surface area contributed by atoms with Gasteiger partial charge >= 0.3 is 5.63 Å². The van der Waals surface area contributed by atoms with E-state index in [1.165, 1.54) is 11.3 Å². The molecule has 0 aliphatic rings. The average Bonchev–Trinajstić information content (AvgIpc) is 3.22. The molecule has 0 aliphatic heterocycles. The van der Waals surface area contributed by atoms with Crippen molar-refractivity contribution in [3.05, 3.63) is 69.9 Å². The molecule has 146 valence electrons. The van der Waals surface area contributed by atoms with Gasteiger partial charge in [0.2, 0.25) is 5.13 Å². The van der Waals surface area contributed by atoms with Crippen molar-refractivity contribution in [3.8, 4) is 22.8 Å². The summed E-state index contributed by atoms with van der Waals surface area (Å²) in [6.07, 6.45) is 1.68. The molecule has 2 aromatic carbocycles. The van der Waals surface area contributed by atoms with Crippen molar-refractivity contribution < 1.29 is 13.9 Å². The standard InChI is InChI=1S/C21H17N3O4S/c1-26-15-5-3-13(4-6-15)11-22-24-21-23-18(12-29-21)17-10-14-9-16(27-2)7-8-19(14)28-20(17)25/h3-12H,1-2H3,(H,23,24)/b22-11-. The number of nitrogens with zero attached hydrogens (tertiary/aromatic N) is 2. The van der Waals surface area contributed by atoms with Crippen LogP contribution in [0.4, 0.5) is 5.13 Å². The molecular weight excluding hydrogens is 390 g/mol. The van der Waals surface area contributed by atoms with Crippen LogP contribution in [0.2, 0.25) is 0 Å². The van der Waals surface area contributed by atoms with Crippen LogP contribution in [0.15, 0.2) is 68.2 Å². The molecule has 0 spiro atoms. The van der Waals surface area contributed by atoms with Crippen molar-refractivity contribution in [2.24, 2.45) is 5.10 Å². The van der Waals surface area contributed by atoms with Crippen molar-refractivity contribution in [3.63, 3.8) is 0 Å². The van der Waals surface area contributed by atoms with Gasteiger partial charge in [0.25, 0.3) is 0 Å². The number of anilines is 1. The molecule has 2 heterocycles. The normalized spacial score (nSPS) is 11.1. The first kappa shape index (κ1) is 18.7. The van der Waals surface area contributed by atoms with E-state index in [4.69, 9.17) is 13.9 Å². The Bertz CT molecular complexity index is 1230. The summed E-state index contributed by atoms with van der Waals surface area (Å²) in [5, 5.41) is 7.29. The number of aromatic nitrogens is 1. The molecule has 0 saturated heterocycles. The van der Waals surface area contributed by atoms with E-state index in [1.807, 2.05) is 30.3 Å². The molecule has 0 atom stereocenters. The number of hydrogen-bond donors (Lipinski definition) is 1. The van der Waals surface area contributed by atoms with Crippen LogP contribution in [-0.4, -0.2) is 25.4 Å². The monoisotopic (exact) mass is 407 g/mol.